The van der Waals surface area contributed by atoms with E-state index in [-0.39, 0.29) is 5.41 Å². The van der Waals surface area contributed by atoms with Gasteiger partial charge in [0, 0.05) is 25.5 Å². The first-order valence-corrected chi connectivity index (χ1v) is 6.36. The summed E-state index contributed by atoms with van der Waals surface area (Å²) in [4.78, 5) is 4.34. The Morgan fingerprint density at radius 1 is 1.56 bits per heavy atom. The maximum atomic E-state index is 4.34. The highest BCUT2D eigenvalue weighted by Gasteiger charge is 2.26. The van der Waals surface area contributed by atoms with Crippen LogP contribution in [0, 0.1) is 5.41 Å². The summed E-state index contributed by atoms with van der Waals surface area (Å²) in [6.45, 7) is 5.39. The summed E-state index contributed by atoms with van der Waals surface area (Å²) in [5, 5.41) is 14.8. The van der Waals surface area contributed by atoms with E-state index in [0.29, 0.717) is 0 Å². The second-order valence-electron chi connectivity index (χ2n) is 5.28. The summed E-state index contributed by atoms with van der Waals surface area (Å²) < 4.78 is 1.87. The average molecular weight is 246 g/mol. The topological polar surface area (TPSA) is 67.1 Å². The number of piperidine rings is 1. The number of nitrogens with zero attached hydrogens (tertiary/aromatic N) is 4. The van der Waals surface area contributed by atoms with Crippen molar-refractivity contribution in [1.29, 1.82) is 0 Å². The molecule has 0 aliphatic carbocycles. The van der Waals surface area contributed by atoms with Gasteiger partial charge in [-0.1, -0.05) is 6.92 Å². The van der Waals surface area contributed by atoms with Crippen LogP contribution in [0.3, 0.4) is 0 Å². The molecule has 2 aromatic heterocycles. The van der Waals surface area contributed by atoms with Crippen LogP contribution in [0.2, 0.25) is 0 Å². The standard InChI is InChI=1S/C12H18N6/c1-12(3-2-4-13-7-12)8-15-10-11-17-16-9-18(11)6-5-14-10/h5-6,9,13H,2-4,7-8H2,1H3,(H,14,15). The van der Waals surface area contributed by atoms with Crippen molar-refractivity contribution in [2.75, 3.05) is 25.0 Å². The highest BCUT2D eigenvalue weighted by molar-refractivity contribution is 5.61. The molecule has 0 amide bonds. The van der Waals surface area contributed by atoms with Crippen LogP contribution in [-0.4, -0.2) is 39.2 Å². The van der Waals surface area contributed by atoms with E-state index in [1.807, 2.05) is 10.6 Å². The fourth-order valence-electron chi connectivity index (χ4n) is 2.45. The Kier molecular flexibility index (Phi) is 2.87. The average Bonchev–Trinajstić information content (AvgIpc) is 2.86. The van der Waals surface area contributed by atoms with Gasteiger partial charge in [-0.05, 0) is 24.8 Å². The quantitative estimate of drug-likeness (QED) is 0.843. The third kappa shape index (κ3) is 2.15. The normalized spacial score (nSPS) is 24.3. The second-order valence-corrected chi connectivity index (χ2v) is 5.28. The second kappa shape index (κ2) is 4.53. The number of rotatable bonds is 3. The lowest BCUT2D eigenvalue weighted by molar-refractivity contribution is 0.253. The van der Waals surface area contributed by atoms with Crippen molar-refractivity contribution in [2.24, 2.45) is 5.41 Å². The van der Waals surface area contributed by atoms with Gasteiger partial charge in [0.15, 0.2) is 5.82 Å². The molecule has 18 heavy (non-hydrogen) atoms. The van der Waals surface area contributed by atoms with Crippen molar-refractivity contribution in [3.8, 4) is 0 Å². The lowest BCUT2D eigenvalue weighted by Gasteiger charge is -2.34. The molecule has 2 N–H and O–H groups in total. The van der Waals surface area contributed by atoms with Crippen molar-refractivity contribution in [3.63, 3.8) is 0 Å². The van der Waals surface area contributed by atoms with E-state index in [0.717, 1.165) is 31.1 Å². The van der Waals surface area contributed by atoms with Gasteiger partial charge in [-0.15, -0.1) is 10.2 Å². The number of hydrogen-bond donors (Lipinski definition) is 2. The van der Waals surface area contributed by atoms with Crippen LogP contribution in [0.1, 0.15) is 19.8 Å². The van der Waals surface area contributed by atoms with E-state index in [4.69, 9.17) is 0 Å². The molecule has 6 heteroatoms. The molecular weight excluding hydrogens is 228 g/mol. The molecule has 2 aromatic rings. The summed E-state index contributed by atoms with van der Waals surface area (Å²) >= 11 is 0. The Labute approximate surface area is 106 Å². The molecule has 0 radical (unpaired) electrons. The van der Waals surface area contributed by atoms with Gasteiger partial charge < -0.3 is 10.6 Å². The van der Waals surface area contributed by atoms with Crippen molar-refractivity contribution >= 4 is 11.5 Å². The summed E-state index contributed by atoms with van der Waals surface area (Å²) in [5.74, 6) is 0.807. The van der Waals surface area contributed by atoms with E-state index < -0.39 is 0 Å². The smallest absolute Gasteiger partial charge is 0.203 e. The minimum Gasteiger partial charge on any atom is -0.366 e. The molecule has 6 nitrogen and oxygen atoms in total. The Hall–Kier alpha value is -1.69. The Balaban J connectivity index is 1.74. The van der Waals surface area contributed by atoms with E-state index in [1.165, 1.54) is 12.8 Å². The highest BCUT2D eigenvalue weighted by atomic mass is 15.2. The van der Waals surface area contributed by atoms with Gasteiger partial charge in [-0.25, -0.2) is 4.98 Å². The van der Waals surface area contributed by atoms with Crippen molar-refractivity contribution in [3.05, 3.63) is 18.7 Å². The van der Waals surface area contributed by atoms with Gasteiger partial charge in [0.1, 0.15) is 6.33 Å². The largest absolute Gasteiger partial charge is 0.366 e. The van der Waals surface area contributed by atoms with Crippen LogP contribution in [0.25, 0.3) is 5.65 Å². The van der Waals surface area contributed by atoms with Gasteiger partial charge in [0.05, 0.1) is 0 Å². The molecule has 3 heterocycles. The van der Waals surface area contributed by atoms with Gasteiger partial charge >= 0.3 is 0 Å². The maximum Gasteiger partial charge on any atom is 0.203 e. The first kappa shape index (κ1) is 11.4. The molecule has 96 valence electrons. The third-order valence-corrected chi connectivity index (χ3v) is 3.58. The first-order chi connectivity index (χ1) is 8.77. The fraction of sp³-hybridized carbons (Fsp3) is 0.583. The van der Waals surface area contributed by atoms with Crippen LogP contribution in [0.15, 0.2) is 18.7 Å². The maximum absolute atomic E-state index is 4.34. The molecule has 1 aliphatic heterocycles. The number of hydrogen-bond acceptors (Lipinski definition) is 5. The minimum absolute atomic E-state index is 0.285. The number of fused-ring (bicyclic) bond motifs is 1. The Bertz CT molecular complexity index is 528. The zero-order valence-electron chi connectivity index (χ0n) is 10.6. The van der Waals surface area contributed by atoms with Crippen LogP contribution in [0.4, 0.5) is 5.82 Å². The lowest BCUT2D eigenvalue weighted by Crippen LogP contribution is -2.42. The molecule has 1 aliphatic rings. The van der Waals surface area contributed by atoms with Gasteiger partial charge in [0.25, 0.3) is 0 Å². The predicted molar refractivity (Wildman–Crippen MR) is 69.5 cm³/mol. The van der Waals surface area contributed by atoms with Crippen LogP contribution in [0.5, 0.6) is 0 Å². The zero-order chi connectivity index (χ0) is 12.4. The monoisotopic (exact) mass is 246 g/mol. The highest BCUT2D eigenvalue weighted by Crippen LogP contribution is 2.25. The molecule has 1 unspecified atom stereocenters. The summed E-state index contributed by atoms with van der Waals surface area (Å²) in [5.41, 5.74) is 1.07. The number of nitrogens with one attached hydrogen (secondary N) is 2. The molecule has 3 rings (SSSR count). The van der Waals surface area contributed by atoms with Crippen molar-refractivity contribution in [1.82, 2.24) is 24.9 Å². The third-order valence-electron chi connectivity index (χ3n) is 3.58. The molecule has 0 aromatic carbocycles. The van der Waals surface area contributed by atoms with Crippen molar-refractivity contribution in [2.45, 2.75) is 19.8 Å². The van der Waals surface area contributed by atoms with Gasteiger partial charge in [-0.3, -0.25) is 4.40 Å². The molecule has 0 spiro atoms. The summed E-state index contributed by atoms with van der Waals surface area (Å²) in [6, 6.07) is 0. The van der Waals surface area contributed by atoms with E-state index in [2.05, 4.69) is 32.7 Å². The summed E-state index contributed by atoms with van der Waals surface area (Å²) in [7, 11) is 0. The first-order valence-electron chi connectivity index (χ1n) is 6.36. The van der Waals surface area contributed by atoms with E-state index in [9.17, 15) is 0 Å². The predicted octanol–water partition coefficient (Wildman–Crippen LogP) is 0.926. The number of aromatic nitrogens is 4. The Morgan fingerprint density at radius 2 is 2.50 bits per heavy atom. The van der Waals surface area contributed by atoms with Gasteiger partial charge in [-0.2, -0.15) is 0 Å². The lowest BCUT2D eigenvalue weighted by atomic mass is 9.83. The molecular formula is C12H18N6. The van der Waals surface area contributed by atoms with Crippen LogP contribution in [-0.2, 0) is 0 Å². The molecule has 1 atom stereocenters. The Morgan fingerprint density at radius 3 is 3.33 bits per heavy atom. The van der Waals surface area contributed by atoms with Crippen LogP contribution >= 0.6 is 0 Å². The molecule has 1 fully saturated rings. The molecule has 0 saturated carbocycles. The summed E-state index contributed by atoms with van der Waals surface area (Å²) in [6.07, 6.45) is 7.78. The zero-order valence-corrected chi connectivity index (χ0v) is 10.6. The fourth-order valence-corrected chi connectivity index (χ4v) is 2.45. The SMILES string of the molecule is CC1(CNc2nccn3cnnc23)CCCNC1. The van der Waals surface area contributed by atoms with E-state index >= 15 is 0 Å². The molecule has 1 saturated heterocycles. The number of anilines is 1. The molecule has 0 bridgehead atoms. The van der Waals surface area contributed by atoms with Crippen molar-refractivity contribution < 1.29 is 0 Å². The minimum atomic E-state index is 0.285. The van der Waals surface area contributed by atoms with E-state index in [1.54, 1.807) is 12.5 Å². The van der Waals surface area contributed by atoms with Gasteiger partial charge in [0.2, 0.25) is 5.65 Å². The van der Waals surface area contributed by atoms with Crippen LogP contribution < -0.4 is 10.6 Å².